The van der Waals surface area contributed by atoms with Crippen LogP contribution in [0.25, 0.3) is 0 Å². The molecule has 2 fully saturated rings. The maximum Gasteiger partial charge on any atom is 0.261 e. The summed E-state index contributed by atoms with van der Waals surface area (Å²) in [5, 5.41) is 11.0. The van der Waals surface area contributed by atoms with Crippen LogP contribution in [0.4, 0.5) is 10.2 Å². The molecule has 0 unspecified atom stereocenters. The van der Waals surface area contributed by atoms with Crippen molar-refractivity contribution in [3.05, 3.63) is 51.3 Å². The number of hydrogen-bond acceptors (Lipinski definition) is 6. The highest BCUT2D eigenvalue weighted by Crippen LogP contribution is 2.32. The molecule has 4 rings (SSSR count). The summed E-state index contributed by atoms with van der Waals surface area (Å²) in [6.07, 6.45) is 5.55. The van der Waals surface area contributed by atoms with Gasteiger partial charge in [-0.3, -0.25) is 9.69 Å². The number of hydrogen-bond donors (Lipinski definition) is 3. The summed E-state index contributed by atoms with van der Waals surface area (Å²) in [7, 11) is 1.46. The summed E-state index contributed by atoms with van der Waals surface area (Å²) >= 11 is 0. The molecule has 7 nitrogen and oxygen atoms in total. The fourth-order valence-electron chi connectivity index (χ4n) is 4.80. The number of benzene rings is 1. The number of nitrogens with zero attached hydrogens (tertiary/aromatic N) is 2. The molecule has 2 aromatic rings. The largest absolute Gasteiger partial charge is 0.494 e. The van der Waals surface area contributed by atoms with Gasteiger partial charge in [0.1, 0.15) is 11.6 Å². The Morgan fingerprint density at radius 1 is 1.35 bits per heavy atom. The van der Waals surface area contributed by atoms with Gasteiger partial charge in [0.05, 0.1) is 12.7 Å². The molecule has 3 N–H and O–H groups in total. The van der Waals surface area contributed by atoms with E-state index in [2.05, 4.69) is 22.1 Å². The third kappa shape index (κ3) is 4.63. The number of aromatic nitrogens is 2. The Kier molecular flexibility index (Phi) is 6.36. The van der Waals surface area contributed by atoms with Gasteiger partial charge in [-0.05, 0) is 36.5 Å². The van der Waals surface area contributed by atoms with Crippen LogP contribution in [-0.4, -0.2) is 47.3 Å². The molecule has 1 aliphatic heterocycles. The van der Waals surface area contributed by atoms with Crippen molar-refractivity contribution in [2.75, 3.05) is 25.5 Å². The van der Waals surface area contributed by atoms with E-state index in [1.54, 1.807) is 6.07 Å². The van der Waals surface area contributed by atoms with E-state index >= 15 is 0 Å². The lowest BCUT2D eigenvalue weighted by Crippen LogP contribution is -2.26. The third-order valence-corrected chi connectivity index (χ3v) is 6.48. The van der Waals surface area contributed by atoms with E-state index in [-0.39, 0.29) is 34.5 Å². The lowest BCUT2D eigenvalue weighted by Gasteiger charge is -2.19. The highest BCUT2D eigenvalue weighted by molar-refractivity contribution is 5.83. The van der Waals surface area contributed by atoms with Crippen LogP contribution in [-0.2, 0) is 6.54 Å². The van der Waals surface area contributed by atoms with E-state index in [1.807, 2.05) is 6.07 Å². The molecule has 8 heteroatoms. The summed E-state index contributed by atoms with van der Waals surface area (Å²) in [5.74, 6) is 1.41. The molecule has 31 heavy (non-hydrogen) atoms. The first-order valence-electron chi connectivity index (χ1n) is 10.9. The lowest BCUT2D eigenvalue weighted by atomic mass is 9.97. The molecular formula is C23H30FN5O2. The minimum absolute atomic E-state index is 0.0692. The van der Waals surface area contributed by atoms with E-state index < -0.39 is 0 Å². The van der Waals surface area contributed by atoms with Gasteiger partial charge in [0.2, 0.25) is 0 Å². The van der Waals surface area contributed by atoms with E-state index in [0.717, 1.165) is 37.7 Å². The molecule has 1 saturated heterocycles. The highest BCUT2D eigenvalue weighted by Gasteiger charge is 2.33. The predicted octanol–water partition coefficient (Wildman–Crippen LogP) is 3.51. The van der Waals surface area contributed by atoms with Crippen LogP contribution in [0.15, 0.2) is 23.0 Å². The van der Waals surface area contributed by atoms with E-state index in [1.165, 1.54) is 26.0 Å². The second kappa shape index (κ2) is 9.18. The molecule has 0 bridgehead atoms. The number of rotatable bonds is 7. The fourth-order valence-corrected chi connectivity index (χ4v) is 4.80. The average Bonchev–Trinajstić information content (AvgIpc) is 3.37. The van der Waals surface area contributed by atoms with Gasteiger partial charge >= 0.3 is 0 Å². The Hall–Kier alpha value is -2.74. The lowest BCUT2D eigenvalue weighted by molar-refractivity contribution is 0.317. The smallest absolute Gasteiger partial charge is 0.261 e. The van der Waals surface area contributed by atoms with Crippen molar-refractivity contribution in [2.24, 2.45) is 5.92 Å². The molecular weight excluding hydrogens is 397 g/mol. The van der Waals surface area contributed by atoms with Crippen molar-refractivity contribution in [3.63, 3.8) is 0 Å². The Balaban J connectivity index is 1.52. The van der Waals surface area contributed by atoms with Gasteiger partial charge in [-0.2, -0.15) is 0 Å². The summed E-state index contributed by atoms with van der Waals surface area (Å²) < 4.78 is 19.0. The number of methoxy groups -OCH3 is 1. The molecule has 166 valence electrons. The predicted molar refractivity (Wildman–Crippen MR) is 119 cm³/mol. The Morgan fingerprint density at radius 2 is 2.13 bits per heavy atom. The molecule has 2 aliphatic rings. The molecule has 1 aromatic carbocycles. The van der Waals surface area contributed by atoms with Gasteiger partial charge in [0, 0.05) is 37.8 Å². The number of nitrogens with one attached hydrogen (secondary N) is 3. The zero-order valence-electron chi connectivity index (χ0n) is 18.1. The van der Waals surface area contributed by atoms with Crippen LogP contribution in [0.3, 0.4) is 0 Å². The van der Waals surface area contributed by atoms with Crippen molar-refractivity contribution in [3.8, 4) is 5.75 Å². The topological polar surface area (TPSA) is 94.1 Å². The Morgan fingerprint density at radius 3 is 2.81 bits per heavy atom. The van der Waals surface area contributed by atoms with E-state index in [9.17, 15) is 9.18 Å². The molecule has 2 heterocycles. The molecule has 0 radical (unpaired) electrons. The summed E-state index contributed by atoms with van der Waals surface area (Å²) in [6, 6.07) is 5.35. The first-order valence-corrected chi connectivity index (χ1v) is 10.9. The zero-order chi connectivity index (χ0) is 22.0. The number of likely N-dealkylation sites (tertiary alicyclic amines) is 1. The van der Waals surface area contributed by atoms with Gasteiger partial charge in [0.25, 0.3) is 5.56 Å². The molecule has 1 saturated carbocycles. The van der Waals surface area contributed by atoms with Gasteiger partial charge in [0.15, 0.2) is 11.6 Å². The summed E-state index contributed by atoms with van der Waals surface area (Å²) in [5.41, 5.74) is 0.894. The fraction of sp³-hybridized carbons (Fsp3) is 0.522. The molecule has 1 aliphatic carbocycles. The molecule has 0 amide bonds. The standard InChI is InChI=1S/C23H30FN5O2/c1-14-11-29(12-15-7-8-20(31-2)19(24)9-15)13-18(14)22-27-21(17(10-25)23(30)28-22)26-16-5-3-4-6-16/h7-10,14,16,18,25H,3-6,11-13H2,1-2H3,(H2,26,27,28,30)/t14-,18-/m1/s1. The third-order valence-electron chi connectivity index (χ3n) is 6.48. The highest BCUT2D eigenvalue weighted by atomic mass is 19.1. The Labute approximate surface area is 181 Å². The normalized spacial score (nSPS) is 22.0. The van der Waals surface area contributed by atoms with Crippen LogP contribution >= 0.6 is 0 Å². The van der Waals surface area contributed by atoms with Gasteiger partial charge < -0.3 is 20.4 Å². The number of anilines is 1. The van der Waals surface area contributed by atoms with E-state index in [4.69, 9.17) is 15.1 Å². The van der Waals surface area contributed by atoms with Crippen LogP contribution in [0, 0.1) is 17.1 Å². The van der Waals surface area contributed by atoms with Crippen molar-refractivity contribution in [1.29, 1.82) is 5.41 Å². The number of H-pyrrole nitrogens is 1. The second-order valence-corrected chi connectivity index (χ2v) is 8.73. The van der Waals surface area contributed by atoms with Crippen LogP contribution < -0.4 is 15.6 Å². The minimum Gasteiger partial charge on any atom is -0.494 e. The summed E-state index contributed by atoms with van der Waals surface area (Å²) in [4.78, 5) is 22.6. The number of aromatic amines is 1. The monoisotopic (exact) mass is 427 g/mol. The average molecular weight is 428 g/mol. The second-order valence-electron chi connectivity index (χ2n) is 8.73. The van der Waals surface area contributed by atoms with Crippen LogP contribution in [0.2, 0.25) is 0 Å². The molecule has 2 atom stereocenters. The number of halogens is 1. The minimum atomic E-state index is -0.361. The van der Waals surface area contributed by atoms with Crippen molar-refractivity contribution < 1.29 is 9.13 Å². The number of ether oxygens (including phenoxy) is 1. The van der Waals surface area contributed by atoms with Gasteiger partial charge in [-0.15, -0.1) is 0 Å². The maximum atomic E-state index is 14.1. The Bertz CT molecular complexity index is 1000. The van der Waals surface area contributed by atoms with Crippen molar-refractivity contribution in [2.45, 2.75) is 51.1 Å². The first kappa shape index (κ1) is 21.5. The van der Waals surface area contributed by atoms with Gasteiger partial charge in [-0.25, -0.2) is 9.37 Å². The van der Waals surface area contributed by atoms with Crippen LogP contribution in [0.1, 0.15) is 55.5 Å². The zero-order valence-corrected chi connectivity index (χ0v) is 18.1. The van der Waals surface area contributed by atoms with Crippen LogP contribution in [0.5, 0.6) is 5.75 Å². The quantitative estimate of drug-likeness (QED) is 0.588. The first-order chi connectivity index (χ1) is 15.0. The maximum absolute atomic E-state index is 14.1. The molecule has 1 aromatic heterocycles. The van der Waals surface area contributed by atoms with Gasteiger partial charge in [-0.1, -0.05) is 25.8 Å². The summed E-state index contributed by atoms with van der Waals surface area (Å²) in [6.45, 7) is 4.33. The van der Waals surface area contributed by atoms with Crippen molar-refractivity contribution >= 4 is 12.0 Å². The molecule has 0 spiro atoms. The SMILES string of the molecule is COc1ccc(CN2C[C@@H](C)[C@H](c3nc(NC4CCCC4)c(C=N)c(=O)[nH]3)C2)cc1F. The van der Waals surface area contributed by atoms with Crippen molar-refractivity contribution in [1.82, 2.24) is 14.9 Å². The van der Waals surface area contributed by atoms with E-state index in [0.29, 0.717) is 24.2 Å².